The van der Waals surface area contributed by atoms with Gasteiger partial charge in [0.25, 0.3) is 0 Å². The lowest BCUT2D eigenvalue weighted by atomic mass is 9.77. The smallest absolute Gasteiger partial charge is 0.106 e. The standard InChI is InChI=1S/C29H40O2/c1-3-5-7-28-20-31-29(21-30-28)27-18-16-26(17-19-27)25-14-12-24(13-15-25)23-10-8-22(6-4-2)9-11-23/h12-19,22-23,28-29H,3-11,20-21H2,1-2H3/t22-,23-,28-,29-/m0/s1. The van der Waals surface area contributed by atoms with Crippen molar-refractivity contribution in [1.82, 2.24) is 0 Å². The van der Waals surface area contributed by atoms with Crippen molar-refractivity contribution in [2.75, 3.05) is 13.2 Å². The number of unbranched alkanes of at least 4 members (excludes halogenated alkanes) is 1. The fraction of sp³-hybridized carbons (Fsp3) is 0.586. The van der Waals surface area contributed by atoms with Crippen molar-refractivity contribution in [2.24, 2.45) is 5.92 Å². The predicted octanol–water partition coefficient (Wildman–Crippen LogP) is 8.07. The van der Waals surface area contributed by atoms with Crippen LogP contribution in [0.25, 0.3) is 11.1 Å². The molecule has 1 saturated heterocycles. The van der Waals surface area contributed by atoms with Crippen molar-refractivity contribution < 1.29 is 9.47 Å². The highest BCUT2D eigenvalue weighted by atomic mass is 16.6. The minimum absolute atomic E-state index is 0.0668. The Hall–Kier alpha value is -1.64. The Kier molecular flexibility index (Phi) is 8.21. The summed E-state index contributed by atoms with van der Waals surface area (Å²) in [5.74, 6) is 1.73. The van der Waals surface area contributed by atoms with E-state index in [9.17, 15) is 0 Å². The van der Waals surface area contributed by atoms with Crippen LogP contribution in [0.1, 0.15) is 94.8 Å². The van der Waals surface area contributed by atoms with Gasteiger partial charge in [-0.15, -0.1) is 0 Å². The summed E-state index contributed by atoms with van der Waals surface area (Å²) in [5.41, 5.74) is 5.33. The third-order valence-corrected chi connectivity index (χ3v) is 7.39. The van der Waals surface area contributed by atoms with Crippen LogP contribution < -0.4 is 0 Å². The van der Waals surface area contributed by atoms with E-state index in [2.05, 4.69) is 62.4 Å². The first-order valence-corrected chi connectivity index (χ1v) is 12.7. The second kappa shape index (κ2) is 11.3. The van der Waals surface area contributed by atoms with Gasteiger partial charge in [0.05, 0.1) is 19.3 Å². The molecule has 2 atom stereocenters. The molecule has 31 heavy (non-hydrogen) atoms. The summed E-state index contributed by atoms with van der Waals surface area (Å²) in [7, 11) is 0. The van der Waals surface area contributed by atoms with E-state index in [1.165, 1.54) is 73.6 Å². The molecule has 1 heterocycles. The summed E-state index contributed by atoms with van der Waals surface area (Å²) in [6.07, 6.45) is 12.2. The van der Waals surface area contributed by atoms with Crippen LogP contribution in [0.5, 0.6) is 0 Å². The van der Waals surface area contributed by atoms with Gasteiger partial charge in [-0.05, 0) is 66.2 Å². The molecule has 2 aromatic rings. The maximum Gasteiger partial charge on any atom is 0.106 e. The van der Waals surface area contributed by atoms with Gasteiger partial charge in [-0.2, -0.15) is 0 Å². The molecule has 0 spiro atoms. The minimum Gasteiger partial charge on any atom is -0.373 e. The molecule has 1 saturated carbocycles. The number of hydrogen-bond donors (Lipinski definition) is 0. The first-order valence-electron chi connectivity index (χ1n) is 12.7. The second-order valence-electron chi connectivity index (χ2n) is 9.67. The Morgan fingerprint density at radius 2 is 1.32 bits per heavy atom. The molecule has 0 bridgehead atoms. The highest BCUT2D eigenvalue weighted by Crippen LogP contribution is 2.38. The molecule has 1 aliphatic heterocycles. The van der Waals surface area contributed by atoms with E-state index in [4.69, 9.17) is 9.47 Å². The van der Waals surface area contributed by atoms with Gasteiger partial charge in [-0.25, -0.2) is 0 Å². The van der Waals surface area contributed by atoms with Crippen LogP contribution in [0.2, 0.25) is 0 Å². The van der Waals surface area contributed by atoms with Crippen LogP contribution in [0.15, 0.2) is 48.5 Å². The molecule has 0 radical (unpaired) electrons. The van der Waals surface area contributed by atoms with Gasteiger partial charge in [-0.3, -0.25) is 0 Å². The van der Waals surface area contributed by atoms with E-state index in [1.54, 1.807) is 0 Å². The van der Waals surface area contributed by atoms with Crippen molar-refractivity contribution >= 4 is 0 Å². The van der Waals surface area contributed by atoms with Gasteiger partial charge in [0.15, 0.2) is 0 Å². The molecule has 1 aliphatic carbocycles. The maximum atomic E-state index is 6.10. The van der Waals surface area contributed by atoms with E-state index in [1.807, 2.05) is 0 Å². The highest BCUT2D eigenvalue weighted by molar-refractivity contribution is 5.64. The van der Waals surface area contributed by atoms with Crippen molar-refractivity contribution in [3.05, 3.63) is 59.7 Å². The van der Waals surface area contributed by atoms with Gasteiger partial charge in [0.2, 0.25) is 0 Å². The monoisotopic (exact) mass is 420 g/mol. The molecular formula is C29H40O2. The SMILES string of the molecule is CCCC[C@H]1CO[C@H](c2ccc(-c3ccc([C@H]4CC[C@H](CCC)CC4)cc3)cc2)CO1. The van der Waals surface area contributed by atoms with Crippen LogP contribution in [0.4, 0.5) is 0 Å². The molecule has 2 aromatic carbocycles. The van der Waals surface area contributed by atoms with Gasteiger partial charge < -0.3 is 9.47 Å². The lowest BCUT2D eigenvalue weighted by molar-refractivity contribution is -0.137. The van der Waals surface area contributed by atoms with Crippen LogP contribution in [-0.2, 0) is 9.47 Å². The fourth-order valence-electron chi connectivity index (χ4n) is 5.36. The number of hydrogen-bond acceptors (Lipinski definition) is 2. The lowest BCUT2D eigenvalue weighted by Gasteiger charge is -2.30. The zero-order valence-corrected chi connectivity index (χ0v) is 19.5. The van der Waals surface area contributed by atoms with Crippen molar-refractivity contribution in [3.8, 4) is 11.1 Å². The van der Waals surface area contributed by atoms with Crippen LogP contribution in [-0.4, -0.2) is 19.3 Å². The van der Waals surface area contributed by atoms with E-state index < -0.39 is 0 Å². The summed E-state index contributed by atoms with van der Waals surface area (Å²) in [6.45, 7) is 5.93. The van der Waals surface area contributed by atoms with E-state index in [-0.39, 0.29) is 12.2 Å². The highest BCUT2D eigenvalue weighted by Gasteiger charge is 2.23. The molecule has 2 fully saturated rings. The van der Waals surface area contributed by atoms with Crippen LogP contribution in [0.3, 0.4) is 0 Å². The molecule has 4 rings (SSSR count). The quantitative estimate of drug-likeness (QED) is 0.430. The van der Waals surface area contributed by atoms with Crippen molar-refractivity contribution in [2.45, 2.75) is 89.8 Å². The zero-order chi connectivity index (χ0) is 21.5. The van der Waals surface area contributed by atoms with Gasteiger partial charge >= 0.3 is 0 Å². The lowest BCUT2D eigenvalue weighted by Crippen LogP contribution is -2.31. The zero-order valence-electron chi connectivity index (χ0n) is 19.5. The molecule has 0 aromatic heterocycles. The molecular weight excluding hydrogens is 380 g/mol. The predicted molar refractivity (Wildman–Crippen MR) is 129 cm³/mol. The Morgan fingerprint density at radius 3 is 1.87 bits per heavy atom. The summed E-state index contributed by atoms with van der Waals surface area (Å²) < 4.78 is 12.1. The average Bonchev–Trinajstić information content (AvgIpc) is 2.84. The molecule has 0 unspecified atom stereocenters. The van der Waals surface area contributed by atoms with Crippen LogP contribution >= 0.6 is 0 Å². The summed E-state index contributed by atoms with van der Waals surface area (Å²) in [5, 5.41) is 0. The molecule has 0 amide bonds. The molecule has 2 heteroatoms. The second-order valence-corrected chi connectivity index (χ2v) is 9.67. The van der Waals surface area contributed by atoms with E-state index >= 15 is 0 Å². The number of ether oxygens (including phenoxy) is 2. The van der Waals surface area contributed by atoms with E-state index in [0.717, 1.165) is 18.3 Å². The fourth-order valence-corrected chi connectivity index (χ4v) is 5.36. The summed E-state index contributed by atoms with van der Waals surface area (Å²) in [4.78, 5) is 0. The molecule has 2 nitrogen and oxygen atoms in total. The Morgan fingerprint density at radius 1 is 0.677 bits per heavy atom. The third kappa shape index (κ3) is 5.99. The van der Waals surface area contributed by atoms with Crippen LogP contribution in [0, 0.1) is 5.92 Å². The first-order chi connectivity index (χ1) is 15.3. The Bertz CT molecular complexity index is 763. The first kappa shape index (κ1) is 22.6. The normalized spacial score (nSPS) is 26.6. The maximum absolute atomic E-state index is 6.10. The van der Waals surface area contributed by atoms with E-state index in [0.29, 0.717) is 13.2 Å². The molecule has 0 N–H and O–H groups in total. The largest absolute Gasteiger partial charge is 0.373 e. The topological polar surface area (TPSA) is 18.5 Å². The van der Waals surface area contributed by atoms with Gasteiger partial charge in [-0.1, -0.05) is 88.1 Å². The van der Waals surface area contributed by atoms with Gasteiger partial charge in [0, 0.05) is 0 Å². The summed E-state index contributed by atoms with van der Waals surface area (Å²) in [6, 6.07) is 18.2. The number of rotatable bonds is 8. The molecule has 168 valence electrons. The van der Waals surface area contributed by atoms with Crippen molar-refractivity contribution in [3.63, 3.8) is 0 Å². The van der Waals surface area contributed by atoms with Gasteiger partial charge in [0.1, 0.15) is 6.10 Å². The third-order valence-electron chi connectivity index (χ3n) is 7.39. The van der Waals surface area contributed by atoms with Crippen molar-refractivity contribution in [1.29, 1.82) is 0 Å². The molecule has 2 aliphatic rings. The number of benzene rings is 2. The summed E-state index contributed by atoms with van der Waals surface area (Å²) >= 11 is 0. The Balaban J connectivity index is 1.31. The minimum atomic E-state index is 0.0668. The average molecular weight is 421 g/mol. The Labute approximate surface area is 189 Å².